The molecule has 174 valence electrons. The van der Waals surface area contributed by atoms with Gasteiger partial charge in [0, 0.05) is 50.7 Å². The molecule has 1 aliphatic rings. The van der Waals surface area contributed by atoms with Crippen LogP contribution in [0.5, 0.6) is 0 Å². The number of hydrogen-bond donors (Lipinski definition) is 2. The van der Waals surface area contributed by atoms with Crippen LogP contribution in [0.4, 0.5) is 13.2 Å². The molecule has 0 bridgehead atoms. The first-order valence-corrected chi connectivity index (χ1v) is 10.6. The number of pyridine rings is 1. The Hall–Kier alpha value is -3.92. The number of fused-ring (bicyclic) bond motifs is 3. The quantitative estimate of drug-likeness (QED) is 0.484. The second-order valence-electron chi connectivity index (χ2n) is 8.13. The maximum absolute atomic E-state index is 15.0. The fourth-order valence-electron chi connectivity index (χ4n) is 4.29. The van der Waals surface area contributed by atoms with Gasteiger partial charge in [0.1, 0.15) is 23.2 Å². The molecule has 4 aromatic rings. The van der Waals surface area contributed by atoms with E-state index in [0.29, 0.717) is 28.7 Å². The van der Waals surface area contributed by atoms with Gasteiger partial charge in [-0.25, -0.2) is 13.2 Å². The molecule has 3 aromatic heterocycles. The lowest BCUT2D eigenvalue weighted by Crippen LogP contribution is -2.35. The van der Waals surface area contributed by atoms with Gasteiger partial charge in [-0.05, 0) is 29.3 Å². The number of aromatic nitrogens is 3. The maximum atomic E-state index is 15.0. The predicted molar refractivity (Wildman–Crippen MR) is 121 cm³/mol. The molecule has 34 heavy (non-hydrogen) atoms. The molecule has 0 spiro atoms. The van der Waals surface area contributed by atoms with Crippen LogP contribution < -0.4 is 10.9 Å². The molecule has 5 rings (SSSR count). The summed E-state index contributed by atoms with van der Waals surface area (Å²) < 4.78 is 45.1. The smallest absolute Gasteiger partial charge is 0.275 e. The number of carbonyl (C=O) groups excluding carboxylic acids is 1. The minimum Gasteiger partial charge on any atom is -0.354 e. The minimum absolute atomic E-state index is 0.0406. The molecule has 7 nitrogen and oxygen atoms in total. The Balaban J connectivity index is 1.39. The highest BCUT2D eigenvalue weighted by Gasteiger charge is 2.25. The van der Waals surface area contributed by atoms with Crippen LogP contribution in [-0.2, 0) is 6.54 Å². The Morgan fingerprint density at radius 3 is 2.76 bits per heavy atom. The number of hydrogen-bond acceptors (Lipinski definition) is 4. The summed E-state index contributed by atoms with van der Waals surface area (Å²) in [4.78, 5) is 32.3. The summed E-state index contributed by atoms with van der Waals surface area (Å²) in [7, 11) is 1.50. The van der Waals surface area contributed by atoms with Crippen molar-refractivity contribution < 1.29 is 18.0 Å². The average molecular weight is 467 g/mol. The predicted octanol–water partition coefficient (Wildman–Crippen LogP) is 3.05. The summed E-state index contributed by atoms with van der Waals surface area (Å²) in [6, 6.07) is 7.07. The molecular formula is C24H20F3N5O2. The van der Waals surface area contributed by atoms with Gasteiger partial charge >= 0.3 is 0 Å². The molecule has 1 aromatic carbocycles. The van der Waals surface area contributed by atoms with Gasteiger partial charge in [0.05, 0.1) is 11.0 Å². The third-order valence-electron chi connectivity index (χ3n) is 6.00. The van der Waals surface area contributed by atoms with Crippen LogP contribution in [0.25, 0.3) is 22.1 Å². The van der Waals surface area contributed by atoms with Gasteiger partial charge in [0.15, 0.2) is 5.82 Å². The van der Waals surface area contributed by atoms with E-state index in [9.17, 15) is 22.8 Å². The van der Waals surface area contributed by atoms with Crippen molar-refractivity contribution in [3.63, 3.8) is 0 Å². The van der Waals surface area contributed by atoms with Crippen LogP contribution in [-0.4, -0.2) is 51.5 Å². The van der Waals surface area contributed by atoms with Crippen LogP contribution in [0.2, 0.25) is 0 Å². The summed E-state index contributed by atoms with van der Waals surface area (Å²) in [6.45, 7) is 0.543. The highest BCUT2D eigenvalue weighted by atomic mass is 19.1. The molecule has 0 fully saturated rings. The number of aromatic amines is 1. The Bertz CT molecular complexity index is 1510. The lowest BCUT2D eigenvalue weighted by Gasteiger charge is -2.29. The Labute approximate surface area is 191 Å². The van der Waals surface area contributed by atoms with E-state index >= 15 is 0 Å². The van der Waals surface area contributed by atoms with Crippen LogP contribution >= 0.6 is 0 Å². The zero-order valence-corrected chi connectivity index (χ0v) is 18.1. The van der Waals surface area contributed by atoms with Crippen molar-refractivity contribution in [2.45, 2.75) is 12.7 Å². The van der Waals surface area contributed by atoms with Crippen molar-refractivity contribution >= 4 is 28.0 Å². The van der Waals surface area contributed by atoms with Crippen molar-refractivity contribution in [1.29, 1.82) is 0 Å². The first-order valence-electron chi connectivity index (χ1n) is 10.6. The molecule has 10 heteroatoms. The number of benzene rings is 1. The van der Waals surface area contributed by atoms with E-state index in [2.05, 4.69) is 15.3 Å². The van der Waals surface area contributed by atoms with Crippen LogP contribution in [0.3, 0.4) is 0 Å². The van der Waals surface area contributed by atoms with E-state index in [0.717, 1.165) is 6.07 Å². The summed E-state index contributed by atoms with van der Waals surface area (Å²) in [5.41, 5.74) is 1.47. The number of nitrogens with one attached hydrogen (secondary N) is 2. The van der Waals surface area contributed by atoms with Crippen molar-refractivity contribution in [2.75, 3.05) is 20.1 Å². The fraction of sp³-hybridized carbons (Fsp3) is 0.208. The number of carbonyl (C=O) groups is 1. The van der Waals surface area contributed by atoms with E-state index < -0.39 is 23.4 Å². The molecule has 1 aliphatic heterocycles. The topological polar surface area (TPSA) is 82.5 Å². The van der Waals surface area contributed by atoms with Gasteiger partial charge in [0.2, 0.25) is 0 Å². The SMILES string of the molecule is CNC(=O)c1ccc(C2=CCN(Cc3cc4[nH]c(=O)c5c(F)ccn5c4cc3F)CC2F)cn1. The Kier molecular flexibility index (Phi) is 5.45. The zero-order valence-electron chi connectivity index (χ0n) is 18.1. The molecule has 1 atom stereocenters. The van der Waals surface area contributed by atoms with E-state index in [-0.39, 0.29) is 35.8 Å². The lowest BCUT2D eigenvalue weighted by molar-refractivity contribution is 0.0958. The third kappa shape index (κ3) is 3.75. The first kappa shape index (κ1) is 21.9. The van der Waals surface area contributed by atoms with Crippen LogP contribution in [0, 0.1) is 11.6 Å². The zero-order chi connectivity index (χ0) is 24.0. The summed E-state index contributed by atoms with van der Waals surface area (Å²) >= 11 is 0. The van der Waals surface area contributed by atoms with E-state index in [1.807, 2.05) is 0 Å². The van der Waals surface area contributed by atoms with Gasteiger partial charge < -0.3 is 14.7 Å². The van der Waals surface area contributed by atoms with E-state index in [1.54, 1.807) is 17.0 Å². The van der Waals surface area contributed by atoms with Gasteiger partial charge in [-0.1, -0.05) is 12.1 Å². The number of alkyl halides is 1. The van der Waals surface area contributed by atoms with Gasteiger partial charge in [-0.15, -0.1) is 0 Å². The fourth-order valence-corrected chi connectivity index (χ4v) is 4.29. The van der Waals surface area contributed by atoms with E-state index in [1.165, 1.54) is 42.0 Å². The first-order chi connectivity index (χ1) is 16.4. The number of nitrogens with zero attached hydrogens (tertiary/aromatic N) is 3. The molecule has 4 heterocycles. The molecular weight excluding hydrogens is 447 g/mol. The summed E-state index contributed by atoms with van der Waals surface area (Å²) in [5, 5.41) is 2.48. The van der Waals surface area contributed by atoms with Crippen molar-refractivity contribution in [1.82, 2.24) is 24.6 Å². The van der Waals surface area contributed by atoms with Crippen LogP contribution in [0.1, 0.15) is 21.6 Å². The van der Waals surface area contributed by atoms with Gasteiger partial charge in [0.25, 0.3) is 11.5 Å². The highest BCUT2D eigenvalue weighted by Crippen LogP contribution is 2.27. The Morgan fingerprint density at radius 2 is 2.06 bits per heavy atom. The molecule has 0 aliphatic carbocycles. The second-order valence-corrected chi connectivity index (χ2v) is 8.13. The van der Waals surface area contributed by atoms with Gasteiger partial charge in [-0.2, -0.15) is 0 Å². The number of halogens is 3. The maximum Gasteiger partial charge on any atom is 0.275 e. The van der Waals surface area contributed by atoms with E-state index in [4.69, 9.17) is 0 Å². The highest BCUT2D eigenvalue weighted by molar-refractivity contribution is 5.92. The Morgan fingerprint density at radius 1 is 1.24 bits per heavy atom. The number of amides is 1. The molecule has 1 amide bonds. The number of rotatable bonds is 4. The monoisotopic (exact) mass is 467 g/mol. The molecule has 0 saturated carbocycles. The summed E-state index contributed by atoms with van der Waals surface area (Å²) in [6.07, 6.45) is 3.23. The largest absolute Gasteiger partial charge is 0.354 e. The van der Waals surface area contributed by atoms with Crippen LogP contribution in [0.15, 0.2) is 53.6 Å². The summed E-state index contributed by atoms with van der Waals surface area (Å²) in [5.74, 6) is -1.54. The van der Waals surface area contributed by atoms with Crippen molar-refractivity contribution in [3.8, 4) is 0 Å². The minimum atomic E-state index is -1.33. The van der Waals surface area contributed by atoms with Crippen molar-refractivity contribution in [2.24, 2.45) is 0 Å². The van der Waals surface area contributed by atoms with Crippen molar-refractivity contribution in [3.05, 3.63) is 87.6 Å². The lowest BCUT2D eigenvalue weighted by atomic mass is 9.98. The second kappa shape index (κ2) is 8.45. The molecule has 2 N–H and O–H groups in total. The average Bonchev–Trinajstić information content (AvgIpc) is 3.22. The standard InChI is InChI=1S/C24H20F3N5O2/c1-28-23(33)19-3-2-13(10-29-19)15-4-6-31(12-18(15)27)11-14-8-20-21(9-17(14)26)32-7-5-16(25)22(32)24(34)30-20/h2-5,7-10,18H,6,11-12H2,1H3,(H,28,33)(H,30,34). The third-order valence-corrected chi connectivity index (χ3v) is 6.00. The molecule has 0 saturated heterocycles. The molecule has 0 radical (unpaired) electrons. The normalized spacial score (nSPS) is 16.7. The van der Waals surface area contributed by atoms with Gasteiger partial charge in [-0.3, -0.25) is 19.5 Å². The molecule has 1 unspecified atom stereocenters. The number of H-pyrrole nitrogens is 1.